The molecule has 0 aromatic carbocycles. The summed E-state index contributed by atoms with van der Waals surface area (Å²) >= 11 is 0. The lowest BCUT2D eigenvalue weighted by Crippen LogP contribution is -2.06. The van der Waals surface area contributed by atoms with Crippen molar-refractivity contribution in [2.75, 3.05) is 13.7 Å². The molecule has 0 aliphatic rings. The van der Waals surface area contributed by atoms with Gasteiger partial charge in [-0.15, -0.1) is 0 Å². The summed E-state index contributed by atoms with van der Waals surface area (Å²) in [5.41, 5.74) is 1.64. The van der Waals surface area contributed by atoms with Crippen LogP contribution in [0.5, 0.6) is 5.88 Å². The molecule has 0 N–H and O–H groups in total. The van der Waals surface area contributed by atoms with Crippen molar-refractivity contribution in [1.82, 2.24) is 29.5 Å². The lowest BCUT2D eigenvalue weighted by atomic mass is 10.4. The Balaban J connectivity index is 2.05. The van der Waals surface area contributed by atoms with Crippen molar-refractivity contribution in [2.45, 2.75) is 6.92 Å². The van der Waals surface area contributed by atoms with Gasteiger partial charge < -0.3 is 9.47 Å². The van der Waals surface area contributed by atoms with Crippen molar-refractivity contribution in [3.05, 3.63) is 24.2 Å². The van der Waals surface area contributed by atoms with Crippen LogP contribution in [-0.4, -0.2) is 49.2 Å². The van der Waals surface area contributed by atoms with Crippen LogP contribution in [0.1, 0.15) is 17.3 Å². The molecule has 22 heavy (non-hydrogen) atoms. The highest BCUT2D eigenvalue weighted by molar-refractivity contribution is 5.88. The third kappa shape index (κ3) is 2.26. The Bertz CT molecular complexity index is 838. The maximum Gasteiger partial charge on any atom is 0.341 e. The Kier molecular flexibility index (Phi) is 3.45. The first-order valence-corrected chi connectivity index (χ1v) is 6.60. The average molecular weight is 302 g/mol. The van der Waals surface area contributed by atoms with E-state index in [-0.39, 0.29) is 5.95 Å². The van der Waals surface area contributed by atoms with Crippen molar-refractivity contribution in [2.24, 2.45) is 7.05 Å². The van der Waals surface area contributed by atoms with Crippen molar-refractivity contribution < 1.29 is 14.3 Å². The lowest BCUT2D eigenvalue weighted by Gasteiger charge is -2.05. The second-order valence-corrected chi connectivity index (χ2v) is 4.43. The summed E-state index contributed by atoms with van der Waals surface area (Å²) in [5, 5.41) is 8.21. The van der Waals surface area contributed by atoms with Crippen LogP contribution in [0.4, 0.5) is 0 Å². The predicted octanol–water partition coefficient (Wildman–Crippen LogP) is 0.734. The van der Waals surface area contributed by atoms with Gasteiger partial charge in [0.05, 0.1) is 31.7 Å². The Morgan fingerprint density at radius 3 is 2.82 bits per heavy atom. The second-order valence-electron chi connectivity index (χ2n) is 4.43. The van der Waals surface area contributed by atoms with Gasteiger partial charge in [0, 0.05) is 13.2 Å². The number of carbonyl (C=O) groups excluding carboxylic acids is 1. The Morgan fingerprint density at radius 2 is 2.09 bits per heavy atom. The highest BCUT2D eigenvalue weighted by atomic mass is 16.5. The van der Waals surface area contributed by atoms with E-state index in [1.54, 1.807) is 24.9 Å². The van der Waals surface area contributed by atoms with E-state index in [0.29, 0.717) is 29.1 Å². The number of methoxy groups -OCH3 is 1. The molecule has 0 bridgehead atoms. The normalized spacial score (nSPS) is 10.9. The first-order chi connectivity index (χ1) is 10.6. The molecule has 0 atom stereocenters. The van der Waals surface area contributed by atoms with Gasteiger partial charge in [-0.25, -0.2) is 14.5 Å². The molecule has 3 heterocycles. The van der Waals surface area contributed by atoms with E-state index in [1.807, 2.05) is 0 Å². The van der Waals surface area contributed by atoms with Gasteiger partial charge in [0.15, 0.2) is 0 Å². The monoisotopic (exact) mass is 302 g/mol. The van der Waals surface area contributed by atoms with E-state index in [2.05, 4.69) is 20.2 Å². The minimum atomic E-state index is -0.442. The Labute approximate surface area is 125 Å². The number of ether oxygens (including phenoxy) is 2. The quantitative estimate of drug-likeness (QED) is 0.655. The summed E-state index contributed by atoms with van der Waals surface area (Å²) in [7, 11) is 3.30. The summed E-state index contributed by atoms with van der Waals surface area (Å²) in [6.45, 7) is 2.04. The molecule has 0 radical (unpaired) electrons. The molecule has 3 aromatic heterocycles. The number of rotatable bonds is 4. The molecular formula is C13H14N6O3. The first kappa shape index (κ1) is 14.0. The molecule has 0 amide bonds. The van der Waals surface area contributed by atoms with Gasteiger partial charge in [0.1, 0.15) is 11.0 Å². The van der Waals surface area contributed by atoms with Crippen molar-refractivity contribution in [3.63, 3.8) is 0 Å². The van der Waals surface area contributed by atoms with E-state index in [0.717, 1.165) is 0 Å². The van der Waals surface area contributed by atoms with Crippen LogP contribution in [0, 0.1) is 0 Å². The highest BCUT2D eigenvalue weighted by Gasteiger charge is 2.16. The molecule has 0 aliphatic carbocycles. The fourth-order valence-corrected chi connectivity index (χ4v) is 2.03. The summed E-state index contributed by atoms with van der Waals surface area (Å²) in [4.78, 5) is 20.3. The Morgan fingerprint density at radius 1 is 1.27 bits per heavy atom. The molecule has 0 fully saturated rings. The number of carbonyl (C=O) groups is 1. The van der Waals surface area contributed by atoms with E-state index in [4.69, 9.17) is 9.47 Å². The zero-order valence-corrected chi connectivity index (χ0v) is 12.3. The molecular weight excluding hydrogens is 288 g/mol. The van der Waals surface area contributed by atoms with Crippen LogP contribution in [0.25, 0.3) is 17.0 Å². The summed E-state index contributed by atoms with van der Waals surface area (Å²) in [6, 6.07) is 0. The summed E-state index contributed by atoms with van der Waals surface area (Å²) in [5.74, 6) is 0.226. The lowest BCUT2D eigenvalue weighted by molar-refractivity contribution is 0.0526. The summed E-state index contributed by atoms with van der Waals surface area (Å²) < 4.78 is 13.2. The van der Waals surface area contributed by atoms with Crippen LogP contribution in [0.15, 0.2) is 18.6 Å². The summed E-state index contributed by atoms with van der Waals surface area (Å²) in [6.07, 6.45) is 4.52. The zero-order valence-electron chi connectivity index (χ0n) is 12.3. The van der Waals surface area contributed by atoms with E-state index >= 15 is 0 Å². The average Bonchev–Trinajstić information content (AvgIpc) is 3.14. The second kappa shape index (κ2) is 5.43. The van der Waals surface area contributed by atoms with Crippen molar-refractivity contribution >= 4 is 17.0 Å². The molecule has 114 valence electrons. The van der Waals surface area contributed by atoms with Gasteiger partial charge in [0.2, 0.25) is 5.88 Å². The number of aromatic nitrogens is 6. The molecule has 0 aliphatic heterocycles. The smallest absolute Gasteiger partial charge is 0.341 e. The van der Waals surface area contributed by atoms with Gasteiger partial charge in [-0.1, -0.05) is 0 Å². The van der Waals surface area contributed by atoms with Crippen LogP contribution in [-0.2, 0) is 11.8 Å². The van der Waals surface area contributed by atoms with Crippen molar-refractivity contribution in [1.29, 1.82) is 0 Å². The van der Waals surface area contributed by atoms with Crippen LogP contribution < -0.4 is 4.74 Å². The van der Waals surface area contributed by atoms with E-state index in [1.165, 1.54) is 24.2 Å². The third-order valence-electron chi connectivity index (χ3n) is 3.04. The number of aryl methyl sites for hydroxylation is 1. The topological polar surface area (TPSA) is 97.0 Å². The number of nitrogens with zero attached hydrogens (tertiary/aromatic N) is 6. The van der Waals surface area contributed by atoms with Gasteiger partial charge >= 0.3 is 5.97 Å². The van der Waals surface area contributed by atoms with Crippen LogP contribution in [0.3, 0.4) is 0 Å². The zero-order chi connectivity index (χ0) is 15.7. The predicted molar refractivity (Wildman–Crippen MR) is 75.9 cm³/mol. The molecule has 0 saturated heterocycles. The largest absolute Gasteiger partial charge is 0.479 e. The minimum Gasteiger partial charge on any atom is -0.479 e. The number of fused-ring (bicyclic) bond motifs is 1. The maximum absolute atomic E-state index is 11.7. The van der Waals surface area contributed by atoms with Crippen LogP contribution >= 0.6 is 0 Å². The number of esters is 1. The molecule has 0 unspecified atom stereocenters. The van der Waals surface area contributed by atoms with Crippen molar-refractivity contribution in [3.8, 4) is 11.8 Å². The van der Waals surface area contributed by atoms with Gasteiger partial charge in [-0.05, 0) is 6.92 Å². The number of hydrogen-bond acceptors (Lipinski definition) is 7. The Hall–Kier alpha value is -2.97. The van der Waals surface area contributed by atoms with Gasteiger partial charge in [-0.3, -0.25) is 4.68 Å². The highest BCUT2D eigenvalue weighted by Crippen LogP contribution is 2.22. The fourth-order valence-electron chi connectivity index (χ4n) is 2.03. The van der Waals surface area contributed by atoms with Crippen LogP contribution in [0.2, 0.25) is 0 Å². The molecule has 3 rings (SSSR count). The van der Waals surface area contributed by atoms with E-state index < -0.39 is 5.97 Å². The SMILES string of the molecule is CCOC(=O)c1cnn(-c2nc(OC)c3c(cnn3C)n2)c1. The maximum atomic E-state index is 11.7. The number of hydrogen-bond donors (Lipinski definition) is 0. The molecule has 0 spiro atoms. The first-order valence-electron chi connectivity index (χ1n) is 6.60. The van der Waals surface area contributed by atoms with E-state index in [9.17, 15) is 4.79 Å². The fraction of sp³-hybridized carbons (Fsp3) is 0.308. The molecule has 9 nitrogen and oxygen atoms in total. The minimum absolute atomic E-state index is 0.285. The molecule has 3 aromatic rings. The molecule has 0 saturated carbocycles. The molecule has 9 heteroatoms. The third-order valence-corrected chi connectivity index (χ3v) is 3.04. The van der Waals surface area contributed by atoms with Gasteiger partial charge in [0.25, 0.3) is 5.95 Å². The standard InChI is InChI=1S/C13H14N6O3/c1-4-22-12(20)8-5-15-19(7-8)13-16-9-6-14-18(2)10(9)11(17-13)21-3/h5-7H,4H2,1-3H3. The van der Waals surface area contributed by atoms with Gasteiger partial charge in [-0.2, -0.15) is 15.2 Å².